The van der Waals surface area contributed by atoms with Crippen LogP contribution in [0.15, 0.2) is 65.8 Å². The van der Waals surface area contributed by atoms with E-state index in [0.29, 0.717) is 38.3 Å². The van der Waals surface area contributed by atoms with Gasteiger partial charge in [-0.2, -0.15) is 0 Å². The summed E-state index contributed by atoms with van der Waals surface area (Å²) >= 11 is 18.3. The van der Waals surface area contributed by atoms with Gasteiger partial charge in [0.1, 0.15) is 16.4 Å². The maximum atomic E-state index is 11.1. The Balaban J connectivity index is 1.86. The molecule has 0 bridgehead atoms. The zero-order chi connectivity index (χ0) is 20.5. The maximum Gasteiger partial charge on any atom is 0.288 e. The predicted octanol–water partition coefficient (Wildman–Crippen LogP) is 6.62. The van der Waals surface area contributed by atoms with Crippen LogP contribution in [0.1, 0.15) is 5.56 Å². The Morgan fingerprint density at radius 3 is 2.62 bits per heavy atom. The molecule has 0 aliphatic carbocycles. The minimum absolute atomic E-state index is 0.0654. The molecule has 0 amide bonds. The lowest BCUT2D eigenvalue weighted by molar-refractivity contribution is -0.384. The second-order valence-electron chi connectivity index (χ2n) is 6.06. The highest BCUT2D eigenvalue weighted by Crippen LogP contribution is 2.36. The second kappa shape index (κ2) is 7.83. The van der Waals surface area contributed by atoms with E-state index in [4.69, 9.17) is 34.8 Å². The van der Waals surface area contributed by atoms with Crippen LogP contribution in [-0.2, 0) is 0 Å². The molecule has 2 aromatic carbocycles. The monoisotopic (exact) mass is 444 g/mol. The standard InChI is InChI=1S/C20H11Cl3N4O2/c21-13-5-6-14(16(23)10-13)19-20(26-8-2-1-3-18(26)25-19)24-11-12-4-7-15(22)17(9-12)27(28)29/h1-11H. The number of rotatable bonds is 4. The number of imidazole rings is 1. The number of pyridine rings is 1. The molecule has 144 valence electrons. The predicted molar refractivity (Wildman–Crippen MR) is 116 cm³/mol. The Kier molecular flexibility index (Phi) is 5.24. The van der Waals surface area contributed by atoms with Crippen molar-refractivity contribution in [2.24, 2.45) is 4.99 Å². The highest BCUT2D eigenvalue weighted by molar-refractivity contribution is 6.36. The molecule has 0 saturated heterocycles. The Labute approximate surface area is 180 Å². The molecule has 0 aliphatic heterocycles. The summed E-state index contributed by atoms with van der Waals surface area (Å²) < 4.78 is 1.81. The van der Waals surface area contributed by atoms with Gasteiger partial charge in [0.2, 0.25) is 0 Å². The molecule has 0 spiro atoms. The fourth-order valence-electron chi connectivity index (χ4n) is 2.85. The lowest BCUT2D eigenvalue weighted by Crippen LogP contribution is -1.91. The van der Waals surface area contributed by atoms with Crippen molar-refractivity contribution in [2.45, 2.75) is 0 Å². The smallest absolute Gasteiger partial charge is 0.284 e. The topological polar surface area (TPSA) is 72.8 Å². The van der Waals surface area contributed by atoms with Gasteiger partial charge in [-0.25, -0.2) is 9.98 Å². The second-order valence-corrected chi connectivity index (χ2v) is 7.31. The number of fused-ring (bicyclic) bond motifs is 1. The van der Waals surface area contributed by atoms with Crippen molar-refractivity contribution in [2.75, 3.05) is 0 Å². The van der Waals surface area contributed by atoms with E-state index in [1.165, 1.54) is 18.3 Å². The number of benzene rings is 2. The quantitative estimate of drug-likeness (QED) is 0.201. The highest BCUT2D eigenvalue weighted by Gasteiger charge is 2.16. The molecule has 0 radical (unpaired) electrons. The fourth-order valence-corrected chi connectivity index (χ4v) is 3.54. The van der Waals surface area contributed by atoms with Gasteiger partial charge in [-0.3, -0.25) is 14.5 Å². The summed E-state index contributed by atoms with van der Waals surface area (Å²) in [7, 11) is 0. The van der Waals surface area contributed by atoms with Crippen molar-refractivity contribution >= 4 is 58.2 Å². The molecule has 29 heavy (non-hydrogen) atoms. The average Bonchev–Trinajstić information content (AvgIpc) is 3.05. The van der Waals surface area contributed by atoms with E-state index in [2.05, 4.69) is 9.98 Å². The van der Waals surface area contributed by atoms with Gasteiger partial charge < -0.3 is 0 Å². The van der Waals surface area contributed by atoms with Crippen LogP contribution in [0.3, 0.4) is 0 Å². The molecule has 0 N–H and O–H groups in total. The van der Waals surface area contributed by atoms with Gasteiger partial charge in [-0.05, 0) is 42.0 Å². The van der Waals surface area contributed by atoms with Crippen LogP contribution in [0.2, 0.25) is 15.1 Å². The molecule has 2 aromatic heterocycles. The Bertz CT molecular complexity index is 1280. The molecular weight excluding hydrogens is 435 g/mol. The third kappa shape index (κ3) is 3.82. The first-order chi connectivity index (χ1) is 13.9. The number of halogens is 3. The van der Waals surface area contributed by atoms with Gasteiger partial charge in [-0.15, -0.1) is 0 Å². The van der Waals surface area contributed by atoms with Crippen molar-refractivity contribution in [3.63, 3.8) is 0 Å². The summed E-state index contributed by atoms with van der Waals surface area (Å²) in [5.41, 5.74) is 2.27. The number of nitrogens with zero attached hydrogens (tertiary/aromatic N) is 4. The van der Waals surface area contributed by atoms with Crippen LogP contribution in [0.25, 0.3) is 16.9 Å². The van der Waals surface area contributed by atoms with E-state index in [1.807, 2.05) is 24.4 Å². The Hall–Kier alpha value is -2.93. The largest absolute Gasteiger partial charge is 0.288 e. The van der Waals surface area contributed by atoms with Gasteiger partial charge >= 0.3 is 0 Å². The van der Waals surface area contributed by atoms with Crippen LogP contribution < -0.4 is 0 Å². The molecule has 0 atom stereocenters. The van der Waals surface area contributed by atoms with E-state index in [9.17, 15) is 10.1 Å². The number of hydrogen-bond donors (Lipinski definition) is 0. The van der Waals surface area contributed by atoms with Crippen molar-refractivity contribution in [3.8, 4) is 11.3 Å². The summed E-state index contributed by atoms with van der Waals surface area (Å²) in [5, 5.41) is 12.1. The lowest BCUT2D eigenvalue weighted by Gasteiger charge is -2.04. The van der Waals surface area contributed by atoms with E-state index in [1.54, 1.807) is 28.7 Å². The fraction of sp³-hybridized carbons (Fsp3) is 0. The van der Waals surface area contributed by atoms with Crippen LogP contribution in [0.4, 0.5) is 11.5 Å². The summed E-state index contributed by atoms with van der Waals surface area (Å²) in [5.74, 6) is 0.530. The molecular formula is C20H11Cl3N4O2. The number of hydrogen-bond acceptors (Lipinski definition) is 4. The normalized spacial score (nSPS) is 11.4. The number of nitro benzene ring substituents is 1. The zero-order valence-corrected chi connectivity index (χ0v) is 16.9. The molecule has 4 aromatic rings. The first-order valence-corrected chi connectivity index (χ1v) is 9.48. The van der Waals surface area contributed by atoms with Crippen LogP contribution >= 0.6 is 34.8 Å². The molecule has 0 fully saturated rings. The van der Waals surface area contributed by atoms with Gasteiger partial charge in [0.25, 0.3) is 5.69 Å². The third-order valence-electron chi connectivity index (χ3n) is 4.19. The minimum atomic E-state index is -0.535. The molecule has 4 rings (SSSR count). The summed E-state index contributed by atoms with van der Waals surface area (Å²) in [4.78, 5) is 19.8. The van der Waals surface area contributed by atoms with Crippen molar-refractivity contribution in [1.82, 2.24) is 9.38 Å². The summed E-state index contributed by atoms with van der Waals surface area (Å²) in [6.07, 6.45) is 3.35. The number of nitro groups is 1. The Morgan fingerprint density at radius 2 is 1.86 bits per heavy atom. The molecule has 0 unspecified atom stereocenters. The van der Waals surface area contributed by atoms with Gasteiger partial charge in [0, 0.05) is 29.1 Å². The number of aromatic nitrogens is 2. The molecule has 0 saturated carbocycles. The van der Waals surface area contributed by atoms with E-state index >= 15 is 0 Å². The molecule has 2 heterocycles. The SMILES string of the molecule is O=[N+]([O-])c1cc(C=Nc2c(-c3ccc(Cl)cc3Cl)nc3ccccn23)ccc1Cl. The molecule has 6 nitrogen and oxygen atoms in total. The Morgan fingerprint density at radius 1 is 1.03 bits per heavy atom. The van der Waals surface area contributed by atoms with E-state index < -0.39 is 4.92 Å². The van der Waals surface area contributed by atoms with Crippen LogP contribution in [-0.4, -0.2) is 20.5 Å². The van der Waals surface area contributed by atoms with Crippen LogP contribution in [0, 0.1) is 10.1 Å². The molecule has 9 heteroatoms. The van der Waals surface area contributed by atoms with Gasteiger partial charge in [0.15, 0.2) is 5.82 Å². The third-order valence-corrected chi connectivity index (χ3v) is 5.06. The summed E-state index contributed by atoms with van der Waals surface area (Å²) in [6, 6.07) is 15.2. The van der Waals surface area contributed by atoms with E-state index in [-0.39, 0.29) is 10.7 Å². The van der Waals surface area contributed by atoms with Crippen molar-refractivity contribution in [1.29, 1.82) is 0 Å². The van der Waals surface area contributed by atoms with E-state index in [0.717, 1.165) is 0 Å². The summed E-state index contributed by atoms with van der Waals surface area (Å²) in [6.45, 7) is 0. The maximum absolute atomic E-state index is 11.1. The highest BCUT2D eigenvalue weighted by atomic mass is 35.5. The first-order valence-electron chi connectivity index (χ1n) is 8.34. The van der Waals surface area contributed by atoms with Crippen molar-refractivity contribution in [3.05, 3.63) is 91.5 Å². The van der Waals surface area contributed by atoms with Crippen LogP contribution in [0.5, 0.6) is 0 Å². The minimum Gasteiger partial charge on any atom is -0.284 e. The van der Waals surface area contributed by atoms with Gasteiger partial charge in [-0.1, -0.05) is 46.9 Å². The average molecular weight is 446 g/mol. The lowest BCUT2D eigenvalue weighted by atomic mass is 10.1. The zero-order valence-electron chi connectivity index (χ0n) is 14.6. The van der Waals surface area contributed by atoms with Crippen molar-refractivity contribution < 1.29 is 4.92 Å². The molecule has 0 aliphatic rings. The van der Waals surface area contributed by atoms with Gasteiger partial charge in [0.05, 0.1) is 9.95 Å². The number of aliphatic imine (C=N–C) groups is 1. The first kappa shape index (κ1) is 19.4.